The zero-order chi connectivity index (χ0) is 16.8. The third-order valence-electron chi connectivity index (χ3n) is 4.54. The normalized spacial score (nSPS) is 22.2. The molecule has 1 aromatic carbocycles. The summed E-state index contributed by atoms with van der Waals surface area (Å²) in [4.78, 5) is 4.88. The third-order valence-corrected chi connectivity index (χ3v) is 5.19. The second kappa shape index (κ2) is 9.21. The Morgan fingerprint density at radius 2 is 1.87 bits per heavy atom. The Balaban J connectivity index is 2.19. The molecule has 2 atom stereocenters. The number of nitrogens with one attached hydrogen (secondary N) is 2. The minimum Gasteiger partial charge on any atom is -0.303 e. The van der Waals surface area contributed by atoms with Crippen LogP contribution in [0.4, 0.5) is 0 Å². The van der Waals surface area contributed by atoms with Crippen molar-refractivity contribution < 1.29 is 0 Å². The minimum absolute atomic E-state index is 0.160. The Morgan fingerprint density at radius 3 is 2.43 bits per heavy atom. The molecule has 0 saturated carbocycles. The fourth-order valence-electron chi connectivity index (χ4n) is 3.20. The number of hydrogen-bond acceptors (Lipinski definition) is 4. The van der Waals surface area contributed by atoms with Crippen LogP contribution in [0.5, 0.6) is 0 Å². The summed E-state index contributed by atoms with van der Waals surface area (Å²) in [7, 11) is 0. The number of likely N-dealkylation sites (N-methyl/N-ethyl adjacent to an activating group) is 1. The zero-order valence-electron chi connectivity index (χ0n) is 14.3. The molecule has 2 unspecified atom stereocenters. The number of nitrogens with zero attached hydrogens (tertiary/aromatic N) is 2. The first-order valence-corrected chi connectivity index (χ1v) is 9.26. The van der Waals surface area contributed by atoms with Crippen LogP contribution in [-0.4, -0.2) is 55.4 Å². The number of benzene rings is 1. The van der Waals surface area contributed by atoms with E-state index in [1.54, 1.807) is 0 Å². The molecule has 0 bridgehead atoms. The molecule has 2 rings (SSSR count). The van der Waals surface area contributed by atoms with Gasteiger partial charge in [0.25, 0.3) is 0 Å². The maximum atomic E-state index is 6.45. The topological polar surface area (TPSA) is 30.5 Å². The molecule has 1 aromatic rings. The molecule has 1 heterocycles. The minimum atomic E-state index is 0.160. The summed E-state index contributed by atoms with van der Waals surface area (Å²) >= 11 is 12.9. The van der Waals surface area contributed by atoms with E-state index in [1.165, 1.54) is 0 Å². The lowest BCUT2D eigenvalue weighted by molar-refractivity contribution is 0.138. The fourth-order valence-corrected chi connectivity index (χ4v) is 3.85. The monoisotopic (exact) mass is 358 g/mol. The molecule has 1 aliphatic heterocycles. The van der Waals surface area contributed by atoms with Crippen molar-refractivity contribution in [3.8, 4) is 0 Å². The molecule has 130 valence electrons. The Bertz CT molecular complexity index is 473. The van der Waals surface area contributed by atoms with Gasteiger partial charge in [0, 0.05) is 35.2 Å². The lowest BCUT2D eigenvalue weighted by Crippen LogP contribution is -2.50. The van der Waals surface area contributed by atoms with Gasteiger partial charge in [0.15, 0.2) is 0 Å². The Kier molecular flexibility index (Phi) is 7.60. The van der Waals surface area contributed by atoms with Crippen LogP contribution in [0, 0.1) is 0 Å². The smallest absolute Gasteiger partial charge is 0.115 e. The van der Waals surface area contributed by atoms with E-state index in [0.29, 0.717) is 0 Å². The predicted molar refractivity (Wildman–Crippen MR) is 99.2 cm³/mol. The lowest BCUT2D eigenvalue weighted by atomic mass is 10.1. The third kappa shape index (κ3) is 4.59. The van der Waals surface area contributed by atoms with Gasteiger partial charge in [-0.2, -0.15) is 0 Å². The summed E-state index contributed by atoms with van der Waals surface area (Å²) in [5, 5.41) is 8.54. The van der Waals surface area contributed by atoms with Crippen molar-refractivity contribution >= 4 is 23.2 Å². The van der Waals surface area contributed by atoms with Gasteiger partial charge in [-0.05, 0) is 31.8 Å². The highest BCUT2D eigenvalue weighted by Gasteiger charge is 2.35. The number of hydrogen-bond donors (Lipinski definition) is 2. The van der Waals surface area contributed by atoms with E-state index in [1.807, 2.05) is 18.2 Å². The van der Waals surface area contributed by atoms with Crippen LogP contribution >= 0.6 is 23.2 Å². The van der Waals surface area contributed by atoms with Crippen LogP contribution in [0.3, 0.4) is 0 Å². The van der Waals surface area contributed by atoms with Gasteiger partial charge in [-0.3, -0.25) is 15.5 Å². The highest BCUT2D eigenvalue weighted by molar-refractivity contribution is 6.36. The van der Waals surface area contributed by atoms with Crippen LogP contribution in [0.25, 0.3) is 0 Å². The summed E-state index contributed by atoms with van der Waals surface area (Å²) in [5.41, 5.74) is 1.03. The molecular formula is C17H28Cl2N4. The summed E-state index contributed by atoms with van der Waals surface area (Å²) in [6, 6.07) is 5.94. The van der Waals surface area contributed by atoms with Gasteiger partial charge in [-0.25, -0.2) is 0 Å². The summed E-state index contributed by atoms with van der Waals surface area (Å²) in [6.07, 6.45) is 0.160. The lowest BCUT2D eigenvalue weighted by Gasteiger charge is -2.32. The first-order chi connectivity index (χ1) is 11.1. The number of rotatable bonds is 8. The molecule has 0 radical (unpaired) electrons. The van der Waals surface area contributed by atoms with Gasteiger partial charge in [-0.1, -0.05) is 50.0 Å². The molecule has 2 N–H and O–H groups in total. The van der Waals surface area contributed by atoms with E-state index < -0.39 is 0 Å². The highest BCUT2D eigenvalue weighted by atomic mass is 35.5. The van der Waals surface area contributed by atoms with E-state index in [-0.39, 0.29) is 12.3 Å². The average molecular weight is 359 g/mol. The van der Waals surface area contributed by atoms with E-state index in [9.17, 15) is 0 Å². The maximum Gasteiger partial charge on any atom is 0.115 e. The molecule has 0 aromatic heterocycles. The van der Waals surface area contributed by atoms with Crippen LogP contribution in [0.1, 0.15) is 32.4 Å². The van der Waals surface area contributed by atoms with E-state index in [4.69, 9.17) is 23.2 Å². The van der Waals surface area contributed by atoms with Gasteiger partial charge >= 0.3 is 0 Å². The summed E-state index contributed by atoms with van der Waals surface area (Å²) in [6.45, 7) is 12.4. The molecule has 0 aliphatic carbocycles. The van der Waals surface area contributed by atoms with Crippen molar-refractivity contribution in [1.29, 1.82) is 0 Å². The molecule has 0 amide bonds. The largest absolute Gasteiger partial charge is 0.303 e. The van der Waals surface area contributed by atoms with E-state index in [0.717, 1.165) is 54.9 Å². The average Bonchev–Trinajstić information content (AvgIpc) is 2.91. The Morgan fingerprint density at radius 1 is 1.22 bits per heavy atom. The molecule has 1 aliphatic rings. The van der Waals surface area contributed by atoms with Gasteiger partial charge in [0.1, 0.15) is 6.29 Å². The van der Waals surface area contributed by atoms with Crippen molar-refractivity contribution in [1.82, 2.24) is 20.4 Å². The SMILES string of the molecule is CCNC1NCC(c2c(Cl)cccc2Cl)N1CCN(CC)CC. The molecule has 1 saturated heterocycles. The quantitative estimate of drug-likeness (QED) is 0.747. The zero-order valence-corrected chi connectivity index (χ0v) is 15.8. The van der Waals surface area contributed by atoms with E-state index >= 15 is 0 Å². The second-order valence-corrected chi connectivity index (χ2v) is 6.60. The molecule has 0 spiro atoms. The Labute approximate surface area is 150 Å². The molecule has 6 heteroatoms. The second-order valence-electron chi connectivity index (χ2n) is 5.78. The molecule has 23 heavy (non-hydrogen) atoms. The standard InChI is InChI=1S/C17H28Cl2N4/c1-4-20-17-21-12-15(16-13(18)8-7-9-14(16)19)23(17)11-10-22(5-2)6-3/h7-9,15,17,20-21H,4-6,10-12H2,1-3H3. The van der Waals surface area contributed by atoms with E-state index in [2.05, 4.69) is 41.2 Å². The molecular weight excluding hydrogens is 331 g/mol. The first kappa shape index (κ1) is 19.0. The molecule has 4 nitrogen and oxygen atoms in total. The Hall–Kier alpha value is -0.360. The van der Waals surface area contributed by atoms with Gasteiger partial charge in [-0.15, -0.1) is 0 Å². The first-order valence-electron chi connectivity index (χ1n) is 8.51. The van der Waals surface area contributed by atoms with Crippen LogP contribution in [0.15, 0.2) is 18.2 Å². The molecule has 1 fully saturated rings. The van der Waals surface area contributed by atoms with Crippen molar-refractivity contribution in [3.05, 3.63) is 33.8 Å². The van der Waals surface area contributed by atoms with Crippen LogP contribution < -0.4 is 10.6 Å². The van der Waals surface area contributed by atoms with Crippen molar-refractivity contribution in [2.45, 2.75) is 33.1 Å². The van der Waals surface area contributed by atoms with Crippen molar-refractivity contribution in [3.63, 3.8) is 0 Å². The fraction of sp³-hybridized carbons (Fsp3) is 0.647. The van der Waals surface area contributed by atoms with Crippen LogP contribution in [-0.2, 0) is 0 Å². The summed E-state index contributed by atoms with van der Waals surface area (Å²) < 4.78 is 0. The van der Waals surface area contributed by atoms with Crippen LogP contribution in [0.2, 0.25) is 10.0 Å². The predicted octanol–water partition coefficient (Wildman–Crippen LogP) is 3.17. The maximum absolute atomic E-state index is 6.45. The van der Waals surface area contributed by atoms with Gasteiger partial charge in [0.2, 0.25) is 0 Å². The van der Waals surface area contributed by atoms with Crippen molar-refractivity contribution in [2.75, 3.05) is 39.3 Å². The van der Waals surface area contributed by atoms with Gasteiger partial charge < -0.3 is 4.90 Å². The number of halogens is 2. The highest BCUT2D eigenvalue weighted by Crippen LogP contribution is 2.36. The summed E-state index contributed by atoms with van der Waals surface area (Å²) in [5.74, 6) is 0. The van der Waals surface area contributed by atoms with Gasteiger partial charge in [0.05, 0.1) is 6.04 Å². The van der Waals surface area contributed by atoms with Crippen molar-refractivity contribution in [2.24, 2.45) is 0 Å².